The fraction of sp³-hybridized carbons (Fsp3) is 0.400. The minimum absolute atomic E-state index is 0.0553. The largest absolute Gasteiger partial charge is 0.353 e. The zero-order valence-corrected chi connectivity index (χ0v) is 18.0. The molecule has 1 aromatic heterocycles. The van der Waals surface area contributed by atoms with Crippen LogP contribution in [0.2, 0.25) is 0 Å². The third-order valence-electron chi connectivity index (χ3n) is 4.91. The number of hydrogen-bond donors (Lipinski definition) is 1. The Hall–Kier alpha value is -2.65. The van der Waals surface area contributed by atoms with E-state index in [0.29, 0.717) is 24.3 Å². The number of amides is 1. The molecular formula is C20H27N5O3S. The van der Waals surface area contributed by atoms with Crippen molar-refractivity contribution in [2.24, 2.45) is 0 Å². The third-order valence-corrected chi connectivity index (χ3v) is 6.37. The van der Waals surface area contributed by atoms with Crippen LogP contribution in [0.25, 0.3) is 0 Å². The van der Waals surface area contributed by atoms with Gasteiger partial charge in [-0.3, -0.25) is 9.52 Å². The first-order chi connectivity index (χ1) is 13.7. The molecule has 1 fully saturated rings. The van der Waals surface area contributed by atoms with Crippen LogP contribution in [-0.2, 0) is 10.2 Å². The van der Waals surface area contributed by atoms with Gasteiger partial charge in [0.25, 0.3) is 5.91 Å². The van der Waals surface area contributed by atoms with Crippen LogP contribution in [0.3, 0.4) is 0 Å². The highest BCUT2D eigenvalue weighted by atomic mass is 32.2. The van der Waals surface area contributed by atoms with E-state index in [2.05, 4.69) is 27.6 Å². The number of nitrogens with zero attached hydrogens (tertiary/aromatic N) is 4. The molecule has 8 nitrogen and oxygen atoms in total. The van der Waals surface area contributed by atoms with E-state index in [0.717, 1.165) is 34.3 Å². The smallest absolute Gasteiger partial charge is 0.301 e. The van der Waals surface area contributed by atoms with Crippen LogP contribution in [0.1, 0.15) is 21.5 Å². The molecule has 1 aliphatic rings. The molecule has 9 heteroatoms. The van der Waals surface area contributed by atoms with Crippen molar-refractivity contribution < 1.29 is 13.2 Å². The lowest BCUT2D eigenvalue weighted by Crippen LogP contribution is -2.49. The van der Waals surface area contributed by atoms with Gasteiger partial charge in [-0.1, -0.05) is 6.07 Å². The number of carbonyl (C=O) groups excluding carboxylic acids is 1. The lowest BCUT2D eigenvalue weighted by atomic mass is 10.1. The lowest BCUT2D eigenvalue weighted by molar-refractivity contribution is 0.0746. The second-order valence-corrected chi connectivity index (χ2v) is 9.28. The maximum atomic E-state index is 12.8. The Balaban J connectivity index is 1.62. The molecule has 1 N–H and O–H groups in total. The van der Waals surface area contributed by atoms with Crippen molar-refractivity contribution in [2.75, 3.05) is 49.9 Å². The number of nitrogens with one attached hydrogen (secondary N) is 1. The summed E-state index contributed by atoms with van der Waals surface area (Å²) in [6.45, 7) is 6.76. The second kappa shape index (κ2) is 8.38. The standard InChI is InChI=1S/C20H27N5O3S/c1-15-13-16(2)19(21-14-15)24-9-11-25(12-10-24)20(26)17-5-7-18(8-6-17)22-29(27,28)23(3)4/h5-8,13-14,22H,9-12H2,1-4H3. The summed E-state index contributed by atoms with van der Waals surface area (Å²) in [6.07, 6.45) is 1.87. The highest BCUT2D eigenvalue weighted by Gasteiger charge is 2.24. The molecule has 0 unspecified atom stereocenters. The third kappa shape index (κ3) is 4.86. The molecule has 3 rings (SSSR count). The predicted octanol–water partition coefficient (Wildman–Crippen LogP) is 1.88. The first-order valence-corrected chi connectivity index (χ1v) is 10.9. The predicted molar refractivity (Wildman–Crippen MR) is 114 cm³/mol. The Kier molecular flexibility index (Phi) is 6.09. The summed E-state index contributed by atoms with van der Waals surface area (Å²) < 4.78 is 27.3. The van der Waals surface area contributed by atoms with Gasteiger partial charge in [0.1, 0.15) is 5.82 Å². The molecule has 0 saturated carbocycles. The quantitative estimate of drug-likeness (QED) is 0.803. The van der Waals surface area contributed by atoms with Gasteiger partial charge in [-0.25, -0.2) is 4.98 Å². The zero-order chi connectivity index (χ0) is 21.2. The number of piperazine rings is 1. The maximum Gasteiger partial charge on any atom is 0.301 e. The molecule has 1 amide bonds. The molecule has 0 atom stereocenters. The van der Waals surface area contributed by atoms with Gasteiger partial charge in [0.2, 0.25) is 0 Å². The SMILES string of the molecule is Cc1cnc(N2CCN(C(=O)c3ccc(NS(=O)(=O)N(C)C)cc3)CC2)c(C)c1. The average Bonchev–Trinajstić information content (AvgIpc) is 2.68. The molecule has 29 heavy (non-hydrogen) atoms. The van der Waals surface area contributed by atoms with E-state index in [1.54, 1.807) is 24.3 Å². The summed E-state index contributed by atoms with van der Waals surface area (Å²) in [6, 6.07) is 8.61. The van der Waals surface area contributed by atoms with Crippen LogP contribution >= 0.6 is 0 Å². The van der Waals surface area contributed by atoms with Gasteiger partial charge >= 0.3 is 10.2 Å². The van der Waals surface area contributed by atoms with Crippen LogP contribution in [0.4, 0.5) is 11.5 Å². The van der Waals surface area contributed by atoms with Crippen LogP contribution in [0, 0.1) is 13.8 Å². The van der Waals surface area contributed by atoms with E-state index < -0.39 is 10.2 Å². The van der Waals surface area contributed by atoms with Crippen molar-refractivity contribution >= 4 is 27.6 Å². The van der Waals surface area contributed by atoms with Crippen LogP contribution in [0.5, 0.6) is 0 Å². The fourth-order valence-corrected chi connectivity index (χ4v) is 3.88. The summed E-state index contributed by atoms with van der Waals surface area (Å²) in [4.78, 5) is 21.4. The normalized spacial score (nSPS) is 14.9. The van der Waals surface area contributed by atoms with E-state index in [-0.39, 0.29) is 5.91 Å². The number of rotatable bonds is 5. The first-order valence-electron chi connectivity index (χ1n) is 9.45. The number of anilines is 2. The van der Waals surface area contributed by atoms with Gasteiger partial charge in [-0.15, -0.1) is 0 Å². The topological polar surface area (TPSA) is 85.9 Å². The summed E-state index contributed by atoms with van der Waals surface area (Å²) in [5, 5.41) is 0. The van der Waals surface area contributed by atoms with Crippen molar-refractivity contribution in [2.45, 2.75) is 13.8 Å². The summed E-state index contributed by atoms with van der Waals surface area (Å²) in [5.41, 5.74) is 3.23. The Bertz CT molecular complexity index is 982. The molecule has 1 saturated heterocycles. The van der Waals surface area contributed by atoms with Crippen molar-refractivity contribution in [1.82, 2.24) is 14.2 Å². The van der Waals surface area contributed by atoms with E-state index in [4.69, 9.17) is 0 Å². The first kappa shape index (κ1) is 21.1. The van der Waals surface area contributed by atoms with E-state index in [1.807, 2.05) is 18.0 Å². The summed E-state index contributed by atoms with van der Waals surface area (Å²) in [5.74, 6) is 0.917. The van der Waals surface area contributed by atoms with Crippen LogP contribution in [0.15, 0.2) is 36.5 Å². The van der Waals surface area contributed by atoms with Gasteiger partial charge in [-0.05, 0) is 49.2 Å². The molecule has 0 bridgehead atoms. The molecule has 1 aliphatic heterocycles. The number of aryl methyl sites for hydroxylation is 2. The van der Waals surface area contributed by atoms with Crippen LogP contribution < -0.4 is 9.62 Å². The van der Waals surface area contributed by atoms with Crippen molar-refractivity contribution in [3.05, 3.63) is 53.2 Å². The zero-order valence-electron chi connectivity index (χ0n) is 17.2. The van der Waals surface area contributed by atoms with Gasteiger partial charge in [-0.2, -0.15) is 12.7 Å². The van der Waals surface area contributed by atoms with E-state index in [1.165, 1.54) is 14.1 Å². The Morgan fingerprint density at radius 2 is 1.69 bits per heavy atom. The molecule has 2 heterocycles. The summed E-state index contributed by atoms with van der Waals surface area (Å²) >= 11 is 0. The van der Waals surface area contributed by atoms with Gasteiger partial charge < -0.3 is 9.80 Å². The number of aromatic nitrogens is 1. The average molecular weight is 418 g/mol. The Morgan fingerprint density at radius 3 is 2.24 bits per heavy atom. The minimum atomic E-state index is -3.57. The number of carbonyl (C=O) groups is 1. The van der Waals surface area contributed by atoms with Crippen molar-refractivity contribution in [3.8, 4) is 0 Å². The second-order valence-electron chi connectivity index (χ2n) is 7.40. The monoisotopic (exact) mass is 417 g/mol. The Labute approximate surface area is 172 Å². The highest BCUT2D eigenvalue weighted by molar-refractivity contribution is 7.90. The number of pyridine rings is 1. The molecule has 1 aromatic carbocycles. The molecule has 0 spiro atoms. The number of hydrogen-bond acceptors (Lipinski definition) is 5. The van der Waals surface area contributed by atoms with E-state index in [9.17, 15) is 13.2 Å². The fourth-order valence-electron chi connectivity index (χ4n) is 3.26. The molecule has 0 radical (unpaired) electrons. The molecule has 2 aromatic rings. The Morgan fingerprint density at radius 1 is 1.07 bits per heavy atom. The van der Waals surface area contributed by atoms with E-state index >= 15 is 0 Å². The van der Waals surface area contributed by atoms with Crippen molar-refractivity contribution in [1.29, 1.82) is 0 Å². The van der Waals surface area contributed by atoms with Gasteiger partial charge in [0.05, 0.1) is 0 Å². The maximum absolute atomic E-state index is 12.8. The van der Waals surface area contributed by atoms with Gasteiger partial charge in [0, 0.05) is 57.7 Å². The molecule has 156 valence electrons. The molecular weight excluding hydrogens is 390 g/mol. The number of benzene rings is 1. The minimum Gasteiger partial charge on any atom is -0.353 e. The van der Waals surface area contributed by atoms with Crippen LogP contribution in [-0.4, -0.2) is 68.8 Å². The lowest BCUT2D eigenvalue weighted by Gasteiger charge is -2.36. The van der Waals surface area contributed by atoms with Crippen molar-refractivity contribution in [3.63, 3.8) is 0 Å². The van der Waals surface area contributed by atoms with Gasteiger partial charge in [0.15, 0.2) is 0 Å². The highest BCUT2D eigenvalue weighted by Crippen LogP contribution is 2.20. The summed E-state index contributed by atoms with van der Waals surface area (Å²) in [7, 11) is -0.663. The molecule has 0 aliphatic carbocycles.